The molecule has 1 aromatic heterocycles. The van der Waals surface area contributed by atoms with Gasteiger partial charge in [0.15, 0.2) is 0 Å². The third kappa shape index (κ3) is 3.46. The molecule has 0 saturated carbocycles. The molecular weight excluding hydrogens is 354 g/mol. The highest BCUT2D eigenvalue weighted by atomic mass is 32.2. The monoisotopic (exact) mass is 379 g/mol. The summed E-state index contributed by atoms with van der Waals surface area (Å²) >= 11 is 1.35. The van der Waals surface area contributed by atoms with Gasteiger partial charge in [-0.25, -0.2) is 13.8 Å². The second kappa shape index (κ2) is 7.07. The Balaban J connectivity index is 1.92. The minimum Gasteiger partial charge on any atom is -0.266 e. The van der Waals surface area contributed by atoms with E-state index in [1.165, 1.54) is 15.6 Å². The van der Waals surface area contributed by atoms with Crippen LogP contribution < -0.4 is 15.2 Å². The van der Waals surface area contributed by atoms with Gasteiger partial charge >= 0.3 is 0 Å². The van der Waals surface area contributed by atoms with Crippen LogP contribution in [-0.4, -0.2) is 21.0 Å². The highest BCUT2D eigenvalue weighted by molar-refractivity contribution is 7.94. The molecule has 0 radical (unpaired) electrons. The van der Waals surface area contributed by atoms with Gasteiger partial charge in [0, 0.05) is 17.5 Å². The van der Waals surface area contributed by atoms with Gasteiger partial charge in [-0.1, -0.05) is 19.1 Å². The maximum Gasteiger partial charge on any atom is 0.273 e. The van der Waals surface area contributed by atoms with Gasteiger partial charge in [-0.05, 0) is 56.5 Å². The molecule has 0 bridgehead atoms. The Hall–Kier alpha value is -1.41. The number of nitrogens with one attached hydrogen (secondary N) is 2. The van der Waals surface area contributed by atoms with Gasteiger partial charge in [0.25, 0.3) is 10.0 Å². The number of aryl methyl sites for hydroxylation is 1. The van der Waals surface area contributed by atoms with E-state index in [-0.39, 0.29) is 6.04 Å². The molecule has 1 fully saturated rings. The lowest BCUT2D eigenvalue weighted by atomic mass is 9.97. The Labute approximate surface area is 154 Å². The summed E-state index contributed by atoms with van der Waals surface area (Å²) in [5, 5.41) is 0. The molecule has 1 aliphatic rings. The van der Waals surface area contributed by atoms with Gasteiger partial charge in [-0.3, -0.25) is 9.73 Å². The van der Waals surface area contributed by atoms with Gasteiger partial charge in [-0.15, -0.1) is 11.3 Å². The number of thiophene rings is 1. The molecule has 2 N–H and O–H groups in total. The highest BCUT2D eigenvalue weighted by Gasteiger charge is 2.33. The Bertz CT molecular complexity index is 848. The smallest absolute Gasteiger partial charge is 0.266 e. The lowest BCUT2D eigenvalue weighted by Gasteiger charge is -2.22. The van der Waals surface area contributed by atoms with Crippen molar-refractivity contribution in [3.63, 3.8) is 0 Å². The Morgan fingerprint density at radius 3 is 2.52 bits per heavy atom. The van der Waals surface area contributed by atoms with Crippen LogP contribution >= 0.6 is 11.3 Å². The summed E-state index contributed by atoms with van der Waals surface area (Å²) < 4.78 is 28.2. The average Bonchev–Trinajstić information content (AvgIpc) is 3.16. The summed E-state index contributed by atoms with van der Waals surface area (Å²) in [6.07, 6.45) is 0. The van der Waals surface area contributed by atoms with Crippen molar-refractivity contribution in [3.05, 3.63) is 46.8 Å². The molecule has 1 aliphatic heterocycles. The van der Waals surface area contributed by atoms with Gasteiger partial charge in [-0.2, -0.15) is 0 Å². The summed E-state index contributed by atoms with van der Waals surface area (Å²) in [7, 11) is -3.56. The average molecular weight is 380 g/mol. The van der Waals surface area contributed by atoms with Crippen LogP contribution in [0.4, 0.5) is 5.69 Å². The van der Waals surface area contributed by atoms with Crippen molar-refractivity contribution >= 4 is 27.0 Å². The first-order valence-corrected chi connectivity index (χ1v) is 10.8. The summed E-state index contributed by atoms with van der Waals surface area (Å²) in [5.41, 5.74) is 8.25. The van der Waals surface area contributed by atoms with E-state index in [9.17, 15) is 8.42 Å². The number of hydrazine groups is 1. The van der Waals surface area contributed by atoms with E-state index in [2.05, 4.69) is 24.7 Å². The highest BCUT2D eigenvalue weighted by Crippen LogP contribution is 2.36. The van der Waals surface area contributed by atoms with E-state index in [4.69, 9.17) is 0 Å². The molecule has 7 heteroatoms. The zero-order valence-electron chi connectivity index (χ0n) is 15.0. The molecule has 3 unspecified atom stereocenters. The Kier molecular flexibility index (Phi) is 5.20. The van der Waals surface area contributed by atoms with E-state index in [1.54, 1.807) is 6.07 Å². The number of nitrogens with zero attached hydrogens (tertiary/aromatic N) is 1. The van der Waals surface area contributed by atoms with Crippen LogP contribution in [0.5, 0.6) is 0 Å². The molecule has 5 nitrogen and oxygen atoms in total. The van der Waals surface area contributed by atoms with E-state index in [1.807, 2.05) is 44.2 Å². The third-order valence-corrected chi connectivity index (χ3v) is 8.35. The fourth-order valence-corrected chi connectivity index (χ4v) is 6.20. The van der Waals surface area contributed by atoms with Gasteiger partial charge < -0.3 is 0 Å². The molecule has 1 aromatic carbocycles. The second-order valence-electron chi connectivity index (χ2n) is 6.58. The SMILES string of the molecule is CCN(c1cccc(C)c1)S(=O)(=O)c1ccc(C2NNC(C)C2C)s1. The first-order chi connectivity index (χ1) is 11.8. The fourth-order valence-electron chi connectivity index (χ4n) is 3.13. The largest absolute Gasteiger partial charge is 0.273 e. The molecule has 2 aromatic rings. The number of sulfonamides is 1. The number of benzene rings is 1. The van der Waals surface area contributed by atoms with Gasteiger partial charge in [0.2, 0.25) is 0 Å². The van der Waals surface area contributed by atoms with Crippen LogP contribution in [0.1, 0.15) is 37.3 Å². The number of hydrogen-bond donors (Lipinski definition) is 2. The minimum absolute atomic E-state index is 0.137. The minimum atomic E-state index is -3.56. The summed E-state index contributed by atoms with van der Waals surface area (Å²) in [6.45, 7) is 8.52. The second-order valence-corrected chi connectivity index (χ2v) is 9.78. The predicted octanol–water partition coefficient (Wildman–Crippen LogP) is 3.45. The Morgan fingerprint density at radius 1 is 1.16 bits per heavy atom. The van der Waals surface area contributed by atoms with Crippen LogP contribution in [0.2, 0.25) is 0 Å². The molecule has 3 atom stereocenters. The maximum absolute atomic E-state index is 13.1. The van der Waals surface area contributed by atoms with Crippen molar-refractivity contribution in [2.75, 3.05) is 10.8 Å². The molecule has 0 spiro atoms. The quantitative estimate of drug-likeness (QED) is 0.835. The molecule has 2 heterocycles. The molecule has 25 heavy (non-hydrogen) atoms. The van der Waals surface area contributed by atoms with Crippen LogP contribution in [-0.2, 0) is 10.0 Å². The summed E-state index contributed by atoms with van der Waals surface area (Å²) in [5.74, 6) is 0.397. The fraction of sp³-hybridized carbons (Fsp3) is 0.444. The van der Waals surface area contributed by atoms with E-state index in [0.29, 0.717) is 28.4 Å². The maximum atomic E-state index is 13.1. The molecular formula is C18H25N3O2S2. The standard InChI is InChI=1S/C18H25N3O2S2/c1-5-21(15-8-6-7-12(2)11-15)25(22,23)17-10-9-16(24-17)18-13(3)14(4)19-20-18/h6-11,13-14,18-20H,5H2,1-4H3. The molecule has 3 rings (SSSR count). The van der Waals surface area contributed by atoms with E-state index < -0.39 is 10.0 Å². The van der Waals surface area contributed by atoms with Crippen molar-refractivity contribution in [1.29, 1.82) is 0 Å². The number of anilines is 1. The van der Waals surface area contributed by atoms with Crippen molar-refractivity contribution < 1.29 is 8.42 Å². The molecule has 0 aliphatic carbocycles. The first-order valence-electron chi connectivity index (χ1n) is 8.54. The van der Waals surface area contributed by atoms with Crippen molar-refractivity contribution in [3.8, 4) is 0 Å². The van der Waals surface area contributed by atoms with Crippen molar-refractivity contribution in [2.45, 2.75) is 44.0 Å². The van der Waals surface area contributed by atoms with Crippen molar-refractivity contribution in [2.24, 2.45) is 5.92 Å². The van der Waals surface area contributed by atoms with Crippen LogP contribution in [0.25, 0.3) is 0 Å². The normalized spacial score (nSPS) is 23.8. The topological polar surface area (TPSA) is 61.4 Å². The van der Waals surface area contributed by atoms with Crippen LogP contribution in [0.15, 0.2) is 40.6 Å². The van der Waals surface area contributed by atoms with E-state index >= 15 is 0 Å². The Morgan fingerprint density at radius 2 is 1.92 bits per heavy atom. The van der Waals surface area contributed by atoms with Crippen molar-refractivity contribution in [1.82, 2.24) is 10.9 Å². The van der Waals surface area contributed by atoms with Crippen LogP contribution in [0.3, 0.4) is 0 Å². The first kappa shape index (κ1) is 18.4. The zero-order valence-corrected chi connectivity index (χ0v) is 16.6. The summed E-state index contributed by atoms with van der Waals surface area (Å²) in [6, 6.07) is 11.7. The number of hydrogen-bond acceptors (Lipinski definition) is 5. The zero-order chi connectivity index (χ0) is 18.2. The third-order valence-electron chi connectivity index (χ3n) is 4.81. The lowest BCUT2D eigenvalue weighted by molar-refractivity contribution is 0.481. The van der Waals surface area contributed by atoms with Gasteiger partial charge in [0.1, 0.15) is 4.21 Å². The molecule has 1 saturated heterocycles. The molecule has 136 valence electrons. The summed E-state index contributed by atoms with van der Waals surface area (Å²) in [4.78, 5) is 1.04. The van der Waals surface area contributed by atoms with Crippen LogP contribution in [0, 0.1) is 12.8 Å². The van der Waals surface area contributed by atoms with E-state index in [0.717, 1.165) is 10.4 Å². The van der Waals surface area contributed by atoms with Gasteiger partial charge in [0.05, 0.1) is 11.7 Å². The number of rotatable bonds is 5. The lowest BCUT2D eigenvalue weighted by Crippen LogP contribution is -2.30. The molecule has 0 amide bonds. The predicted molar refractivity (Wildman–Crippen MR) is 103 cm³/mol.